The minimum absolute atomic E-state index is 0.00391. The van der Waals surface area contributed by atoms with E-state index < -0.39 is 5.41 Å². The number of amides is 1. The Bertz CT molecular complexity index is 1140. The molecule has 0 N–H and O–H groups in total. The van der Waals surface area contributed by atoms with Gasteiger partial charge in [-0.1, -0.05) is 29.8 Å². The molecule has 3 aliphatic heterocycles. The minimum atomic E-state index is -0.878. The Balaban J connectivity index is 1.53. The summed E-state index contributed by atoms with van der Waals surface area (Å²) in [5, 5.41) is 2.62. The maximum atomic E-state index is 13.8. The molecule has 6 rings (SSSR count). The van der Waals surface area contributed by atoms with Gasteiger partial charge in [0.05, 0.1) is 11.6 Å². The van der Waals surface area contributed by atoms with Gasteiger partial charge in [0.1, 0.15) is 17.8 Å². The molecule has 3 aromatic rings. The van der Waals surface area contributed by atoms with Crippen LogP contribution in [0.1, 0.15) is 16.0 Å². The molecule has 0 saturated carbocycles. The molecular weight excluding hydrogens is 398 g/mol. The number of para-hydroxylation sites is 1. The van der Waals surface area contributed by atoms with E-state index in [1.54, 1.807) is 11.3 Å². The molecule has 140 valence electrons. The molecule has 7 heteroatoms. The van der Waals surface area contributed by atoms with Gasteiger partial charge < -0.3 is 19.1 Å². The van der Waals surface area contributed by atoms with E-state index in [0.29, 0.717) is 28.8 Å². The monoisotopic (exact) mass is 411 g/mol. The zero-order valence-corrected chi connectivity index (χ0v) is 16.2. The summed E-state index contributed by atoms with van der Waals surface area (Å²) in [7, 11) is 0. The molecule has 1 aromatic heterocycles. The first-order valence-corrected chi connectivity index (χ1v) is 10.1. The van der Waals surface area contributed by atoms with Crippen molar-refractivity contribution in [2.45, 2.75) is 12.0 Å². The molecule has 0 aliphatic carbocycles. The highest BCUT2D eigenvalue weighted by atomic mass is 35.5. The van der Waals surface area contributed by atoms with Crippen LogP contribution >= 0.6 is 22.9 Å². The second-order valence-corrected chi connectivity index (χ2v) is 8.40. The lowest BCUT2D eigenvalue weighted by atomic mass is 9.77. The van der Waals surface area contributed by atoms with E-state index in [9.17, 15) is 4.79 Å². The van der Waals surface area contributed by atoms with Crippen molar-refractivity contribution < 1.29 is 19.0 Å². The number of carbonyl (C=O) groups excluding carboxylic acids is 1. The third kappa shape index (κ3) is 1.99. The van der Waals surface area contributed by atoms with Crippen molar-refractivity contribution in [3.8, 4) is 17.2 Å². The predicted octanol–water partition coefficient (Wildman–Crippen LogP) is 4.36. The largest absolute Gasteiger partial charge is 0.491 e. The van der Waals surface area contributed by atoms with Gasteiger partial charge >= 0.3 is 0 Å². The Morgan fingerprint density at radius 2 is 1.86 bits per heavy atom. The molecule has 0 fully saturated rings. The van der Waals surface area contributed by atoms with Gasteiger partial charge in [-0.15, -0.1) is 11.3 Å². The zero-order valence-electron chi connectivity index (χ0n) is 14.6. The van der Waals surface area contributed by atoms with Gasteiger partial charge in [0.15, 0.2) is 11.5 Å². The number of hydrogen-bond donors (Lipinski definition) is 0. The summed E-state index contributed by atoms with van der Waals surface area (Å²) >= 11 is 7.86. The van der Waals surface area contributed by atoms with E-state index >= 15 is 0 Å². The summed E-state index contributed by atoms with van der Waals surface area (Å²) in [5.74, 6) is 1.96. The number of benzene rings is 2. The summed E-state index contributed by atoms with van der Waals surface area (Å²) in [6.45, 7) is 0.877. The van der Waals surface area contributed by atoms with E-state index in [0.717, 1.165) is 21.7 Å². The highest BCUT2D eigenvalue weighted by Crippen LogP contribution is 2.55. The van der Waals surface area contributed by atoms with Crippen LogP contribution in [0.3, 0.4) is 0 Å². The quantitative estimate of drug-likeness (QED) is 0.628. The number of ether oxygens (including phenoxy) is 3. The molecule has 0 radical (unpaired) electrons. The van der Waals surface area contributed by atoms with E-state index in [-0.39, 0.29) is 19.3 Å². The molecule has 1 unspecified atom stereocenters. The lowest BCUT2D eigenvalue weighted by molar-refractivity contribution is -0.122. The minimum Gasteiger partial charge on any atom is -0.491 e. The van der Waals surface area contributed by atoms with Crippen LogP contribution in [-0.4, -0.2) is 19.3 Å². The van der Waals surface area contributed by atoms with Gasteiger partial charge in [0, 0.05) is 22.2 Å². The first kappa shape index (κ1) is 16.3. The molecular formula is C21H14ClNO4S. The molecule has 4 heterocycles. The Morgan fingerprint density at radius 3 is 2.68 bits per heavy atom. The van der Waals surface area contributed by atoms with Crippen LogP contribution in [0, 0.1) is 0 Å². The fourth-order valence-corrected chi connectivity index (χ4v) is 5.39. The van der Waals surface area contributed by atoms with Crippen molar-refractivity contribution in [2.24, 2.45) is 0 Å². The predicted molar refractivity (Wildman–Crippen MR) is 106 cm³/mol. The molecule has 2 aromatic carbocycles. The average molecular weight is 412 g/mol. The van der Waals surface area contributed by atoms with Crippen LogP contribution < -0.4 is 19.1 Å². The number of rotatable bonds is 2. The normalized spacial score (nSPS) is 21.2. The van der Waals surface area contributed by atoms with Crippen molar-refractivity contribution in [3.05, 3.63) is 68.9 Å². The number of anilines is 1. The number of fused-ring (bicyclic) bond motifs is 5. The lowest BCUT2D eigenvalue weighted by Gasteiger charge is -2.23. The smallest absolute Gasteiger partial charge is 0.246 e. The summed E-state index contributed by atoms with van der Waals surface area (Å²) in [5.41, 5.74) is 1.79. The van der Waals surface area contributed by atoms with Crippen LogP contribution in [0.4, 0.5) is 5.69 Å². The van der Waals surface area contributed by atoms with Crippen LogP contribution in [0.2, 0.25) is 5.02 Å². The Kier molecular flexibility index (Phi) is 3.29. The second kappa shape index (κ2) is 5.65. The topological polar surface area (TPSA) is 48.0 Å². The molecule has 0 saturated heterocycles. The molecule has 3 aliphatic rings. The van der Waals surface area contributed by atoms with Crippen molar-refractivity contribution in [1.29, 1.82) is 0 Å². The standard InChI is InChI=1S/C21H14ClNO4S/c22-14-5-6-28-19(14)9-23-15-4-2-1-3-12(15)21(20(23)24)10-25-16-8-18-17(7-13(16)21)26-11-27-18/h1-8H,9-11H2. The van der Waals surface area contributed by atoms with Gasteiger partial charge in [-0.2, -0.15) is 0 Å². The van der Waals surface area contributed by atoms with Crippen molar-refractivity contribution in [2.75, 3.05) is 18.3 Å². The molecule has 0 bridgehead atoms. The van der Waals surface area contributed by atoms with E-state index in [2.05, 4.69) is 0 Å². The van der Waals surface area contributed by atoms with Crippen molar-refractivity contribution >= 4 is 34.5 Å². The van der Waals surface area contributed by atoms with Gasteiger partial charge in [-0.05, 0) is 29.1 Å². The number of thiophene rings is 1. The second-order valence-electron chi connectivity index (χ2n) is 7.00. The molecule has 1 amide bonds. The third-order valence-corrected chi connectivity index (χ3v) is 7.01. The maximum Gasteiger partial charge on any atom is 0.246 e. The molecule has 5 nitrogen and oxygen atoms in total. The summed E-state index contributed by atoms with van der Waals surface area (Å²) < 4.78 is 17.0. The first-order valence-electron chi connectivity index (χ1n) is 8.89. The van der Waals surface area contributed by atoms with E-state index in [4.69, 9.17) is 25.8 Å². The summed E-state index contributed by atoms with van der Waals surface area (Å²) in [4.78, 5) is 16.6. The number of nitrogens with zero attached hydrogens (tertiary/aromatic N) is 1. The van der Waals surface area contributed by atoms with E-state index in [1.165, 1.54) is 0 Å². The highest BCUT2D eigenvalue weighted by molar-refractivity contribution is 7.10. The van der Waals surface area contributed by atoms with Crippen LogP contribution in [-0.2, 0) is 16.8 Å². The van der Waals surface area contributed by atoms with Crippen LogP contribution in [0.5, 0.6) is 17.2 Å². The van der Waals surface area contributed by atoms with E-state index in [1.807, 2.05) is 52.7 Å². The van der Waals surface area contributed by atoms with Crippen LogP contribution in [0.15, 0.2) is 47.8 Å². The SMILES string of the molecule is O=C1N(Cc2sccc2Cl)c2ccccc2C12COc1cc3c(cc12)OCO3. The molecule has 28 heavy (non-hydrogen) atoms. The lowest BCUT2D eigenvalue weighted by Crippen LogP contribution is -2.42. The number of hydrogen-bond acceptors (Lipinski definition) is 5. The number of carbonyl (C=O) groups is 1. The number of halogens is 1. The van der Waals surface area contributed by atoms with Gasteiger partial charge in [0.25, 0.3) is 0 Å². The van der Waals surface area contributed by atoms with Crippen molar-refractivity contribution in [1.82, 2.24) is 0 Å². The fraction of sp³-hybridized carbons (Fsp3) is 0.190. The fourth-order valence-electron chi connectivity index (χ4n) is 4.30. The zero-order chi connectivity index (χ0) is 18.9. The van der Waals surface area contributed by atoms with Crippen molar-refractivity contribution in [3.63, 3.8) is 0 Å². The van der Waals surface area contributed by atoms with Crippen LogP contribution in [0.25, 0.3) is 0 Å². The first-order chi connectivity index (χ1) is 13.7. The summed E-state index contributed by atoms with van der Waals surface area (Å²) in [6.07, 6.45) is 0. The summed E-state index contributed by atoms with van der Waals surface area (Å²) in [6, 6.07) is 13.5. The third-order valence-electron chi connectivity index (χ3n) is 5.64. The highest BCUT2D eigenvalue weighted by Gasteiger charge is 2.57. The van der Waals surface area contributed by atoms with Gasteiger partial charge in [-0.25, -0.2) is 0 Å². The Labute approximate surface area is 170 Å². The Morgan fingerprint density at radius 1 is 1.04 bits per heavy atom. The molecule has 1 atom stereocenters. The average Bonchev–Trinajstić information content (AvgIpc) is 3.46. The molecule has 1 spiro atoms. The van der Waals surface area contributed by atoms with Gasteiger partial charge in [-0.3, -0.25) is 4.79 Å². The van der Waals surface area contributed by atoms with Gasteiger partial charge in [0.2, 0.25) is 12.7 Å². The maximum absolute atomic E-state index is 13.8. The Hall–Kier alpha value is -2.70.